The number of aryl methyl sites for hydroxylation is 2. The first-order chi connectivity index (χ1) is 18.3. The van der Waals surface area contributed by atoms with Gasteiger partial charge in [-0.05, 0) is 56.5 Å². The molecule has 2 amide bonds. The van der Waals surface area contributed by atoms with Crippen molar-refractivity contribution in [1.82, 2.24) is 10.5 Å². The summed E-state index contributed by atoms with van der Waals surface area (Å²) in [5, 5.41) is 9.46. The molecule has 0 aliphatic heterocycles. The van der Waals surface area contributed by atoms with Gasteiger partial charge in [0.2, 0.25) is 11.8 Å². The molecular formula is C28H32FN3O5S. The minimum Gasteiger partial charge on any atom is -0.466 e. The van der Waals surface area contributed by atoms with Crippen molar-refractivity contribution in [2.45, 2.75) is 63.8 Å². The Balaban J connectivity index is 1.54. The second-order valence-corrected chi connectivity index (χ2v) is 10.6. The van der Waals surface area contributed by atoms with Crippen molar-refractivity contribution < 1.29 is 27.7 Å². The van der Waals surface area contributed by atoms with E-state index in [0.29, 0.717) is 28.7 Å². The zero-order valence-electron chi connectivity index (χ0n) is 21.5. The lowest BCUT2D eigenvalue weighted by Gasteiger charge is -2.28. The van der Waals surface area contributed by atoms with Gasteiger partial charge in [0.25, 0.3) is 0 Å². The number of nitrogens with zero attached hydrogens (tertiary/aromatic N) is 1. The van der Waals surface area contributed by atoms with Crippen LogP contribution in [0.25, 0.3) is 0 Å². The van der Waals surface area contributed by atoms with Crippen molar-refractivity contribution in [3.63, 3.8) is 0 Å². The predicted octanol–water partition coefficient (Wildman–Crippen LogP) is 5.28. The van der Waals surface area contributed by atoms with Gasteiger partial charge in [-0.25, -0.2) is 4.39 Å². The molecule has 0 bridgehead atoms. The van der Waals surface area contributed by atoms with Gasteiger partial charge in [0.05, 0.1) is 17.4 Å². The fourth-order valence-corrected chi connectivity index (χ4v) is 5.55. The number of rotatable bonds is 11. The van der Waals surface area contributed by atoms with Crippen LogP contribution in [0.5, 0.6) is 0 Å². The van der Waals surface area contributed by atoms with Crippen molar-refractivity contribution in [1.29, 1.82) is 0 Å². The lowest BCUT2D eigenvalue weighted by atomic mass is 9.80. The van der Waals surface area contributed by atoms with Gasteiger partial charge in [-0.15, -0.1) is 11.8 Å². The third kappa shape index (κ3) is 7.34. The first kappa shape index (κ1) is 27.6. The number of anilines is 1. The average Bonchev–Trinajstić information content (AvgIpc) is 3.50. The van der Waals surface area contributed by atoms with Crippen LogP contribution in [0.2, 0.25) is 0 Å². The van der Waals surface area contributed by atoms with E-state index in [2.05, 4.69) is 15.8 Å². The molecule has 0 saturated heterocycles. The molecule has 202 valence electrons. The van der Waals surface area contributed by atoms with Gasteiger partial charge < -0.3 is 19.6 Å². The number of ketones is 1. The Hall–Kier alpha value is -3.40. The highest BCUT2D eigenvalue weighted by atomic mass is 32.2. The number of halogens is 1. The Morgan fingerprint density at radius 3 is 2.47 bits per heavy atom. The summed E-state index contributed by atoms with van der Waals surface area (Å²) in [6.07, 6.45) is 4.97. The van der Waals surface area contributed by atoms with Crippen LogP contribution in [-0.2, 0) is 14.4 Å². The van der Waals surface area contributed by atoms with Gasteiger partial charge >= 0.3 is 0 Å². The van der Waals surface area contributed by atoms with E-state index in [1.807, 2.05) is 0 Å². The molecule has 1 aliphatic carbocycles. The fourth-order valence-electron chi connectivity index (χ4n) is 4.81. The highest BCUT2D eigenvalue weighted by Crippen LogP contribution is 2.37. The third-order valence-electron chi connectivity index (χ3n) is 6.56. The maximum Gasteiger partial charge on any atom is 0.235 e. The number of furan rings is 1. The van der Waals surface area contributed by atoms with E-state index in [9.17, 15) is 18.8 Å². The lowest BCUT2D eigenvalue weighted by molar-refractivity contribution is -0.128. The highest BCUT2D eigenvalue weighted by Gasteiger charge is 2.39. The van der Waals surface area contributed by atoms with Crippen LogP contribution in [0.1, 0.15) is 66.8 Å². The molecule has 1 fully saturated rings. The Kier molecular flexibility index (Phi) is 9.38. The van der Waals surface area contributed by atoms with E-state index in [-0.39, 0.29) is 35.1 Å². The summed E-state index contributed by atoms with van der Waals surface area (Å²) in [6.45, 7) is 3.48. The Labute approximate surface area is 225 Å². The molecule has 0 radical (unpaired) electrons. The van der Waals surface area contributed by atoms with E-state index in [1.54, 1.807) is 38.1 Å². The van der Waals surface area contributed by atoms with Crippen LogP contribution in [0.3, 0.4) is 0 Å². The largest absolute Gasteiger partial charge is 0.466 e. The molecular weight excluding hydrogens is 509 g/mol. The maximum absolute atomic E-state index is 14.3. The Morgan fingerprint density at radius 1 is 1.03 bits per heavy atom. The number of thioether (sulfide) groups is 1. The highest BCUT2D eigenvalue weighted by molar-refractivity contribution is 8.00. The van der Waals surface area contributed by atoms with Crippen LogP contribution in [-0.4, -0.2) is 40.3 Å². The number of benzene rings is 1. The summed E-state index contributed by atoms with van der Waals surface area (Å²) in [5.41, 5.74) is 0.385. The van der Waals surface area contributed by atoms with Crippen LogP contribution in [0.4, 0.5) is 10.2 Å². The van der Waals surface area contributed by atoms with Gasteiger partial charge in [0.15, 0.2) is 11.6 Å². The summed E-state index contributed by atoms with van der Waals surface area (Å²) in [4.78, 5) is 39.7. The van der Waals surface area contributed by atoms with Crippen molar-refractivity contribution in [3.8, 4) is 0 Å². The van der Waals surface area contributed by atoms with Crippen molar-refractivity contribution in [2.24, 2.45) is 0 Å². The topological polar surface area (TPSA) is 114 Å². The molecule has 1 aromatic carbocycles. The average molecular weight is 542 g/mol. The van der Waals surface area contributed by atoms with Gasteiger partial charge in [-0.3, -0.25) is 14.4 Å². The predicted molar refractivity (Wildman–Crippen MR) is 143 cm³/mol. The van der Waals surface area contributed by atoms with Crippen molar-refractivity contribution >= 4 is 35.2 Å². The minimum atomic E-state index is -0.992. The SMILES string of the molecule is Cc1cc(NC(=O)CSCC(=O)C(c2cccc(F)c2)C(C(=O)NC2CCCCC2)c2ccc(C)o2)no1. The molecule has 2 unspecified atom stereocenters. The van der Waals surface area contributed by atoms with E-state index < -0.39 is 17.7 Å². The lowest BCUT2D eigenvalue weighted by Crippen LogP contribution is -2.42. The number of carbonyl (C=O) groups is 3. The standard InChI is InChI=1S/C28H32FN3O5S/c1-17-11-12-23(36-17)27(28(35)30-21-9-4-3-5-10-21)26(19-7-6-8-20(29)14-19)22(33)15-38-16-25(34)31-24-13-18(2)37-32-24/h6-8,11-14,21,26-27H,3-5,9-10,15-16H2,1-2H3,(H,30,35)(H,31,32,34). The first-order valence-electron chi connectivity index (χ1n) is 12.8. The molecule has 2 N–H and O–H groups in total. The molecule has 38 heavy (non-hydrogen) atoms. The molecule has 1 saturated carbocycles. The van der Waals surface area contributed by atoms with Crippen LogP contribution < -0.4 is 10.6 Å². The second-order valence-electron chi connectivity index (χ2n) is 9.63. The van der Waals surface area contributed by atoms with E-state index in [0.717, 1.165) is 43.9 Å². The van der Waals surface area contributed by atoms with Gasteiger partial charge in [-0.1, -0.05) is 36.6 Å². The molecule has 8 nitrogen and oxygen atoms in total. The first-order valence-corrected chi connectivity index (χ1v) is 13.9. The van der Waals surface area contributed by atoms with E-state index in [1.165, 1.54) is 18.2 Å². The summed E-state index contributed by atoms with van der Waals surface area (Å²) in [6, 6.07) is 10.8. The molecule has 10 heteroatoms. The van der Waals surface area contributed by atoms with Gasteiger partial charge in [-0.2, -0.15) is 0 Å². The van der Waals surface area contributed by atoms with E-state index >= 15 is 0 Å². The number of amides is 2. The number of hydrogen-bond acceptors (Lipinski definition) is 7. The zero-order valence-corrected chi connectivity index (χ0v) is 22.3. The quantitative estimate of drug-likeness (QED) is 0.339. The zero-order chi connectivity index (χ0) is 27.1. The summed E-state index contributed by atoms with van der Waals surface area (Å²) < 4.78 is 25.1. The van der Waals surface area contributed by atoms with Crippen LogP contribution >= 0.6 is 11.8 Å². The summed E-state index contributed by atoms with van der Waals surface area (Å²) in [7, 11) is 0. The molecule has 4 rings (SSSR count). The number of aromatic nitrogens is 1. The number of nitrogens with one attached hydrogen (secondary N) is 2. The summed E-state index contributed by atoms with van der Waals surface area (Å²) in [5.74, 6) is -1.69. The van der Waals surface area contributed by atoms with Crippen LogP contribution in [0, 0.1) is 19.7 Å². The smallest absolute Gasteiger partial charge is 0.235 e. The van der Waals surface area contributed by atoms with Gasteiger partial charge in [0.1, 0.15) is 29.0 Å². The van der Waals surface area contributed by atoms with Gasteiger partial charge in [0, 0.05) is 12.1 Å². The number of Topliss-reactive ketones (excluding diaryl/α,β-unsaturated/α-hetero) is 1. The molecule has 2 aromatic heterocycles. The molecule has 2 heterocycles. The molecule has 2 atom stereocenters. The van der Waals surface area contributed by atoms with Crippen molar-refractivity contribution in [3.05, 3.63) is 71.1 Å². The van der Waals surface area contributed by atoms with Crippen molar-refractivity contribution in [2.75, 3.05) is 16.8 Å². The van der Waals surface area contributed by atoms with E-state index in [4.69, 9.17) is 8.94 Å². The Morgan fingerprint density at radius 2 is 1.82 bits per heavy atom. The molecule has 3 aromatic rings. The molecule has 0 spiro atoms. The monoisotopic (exact) mass is 541 g/mol. The third-order valence-corrected chi connectivity index (χ3v) is 7.52. The fraction of sp³-hybridized carbons (Fsp3) is 0.429. The summed E-state index contributed by atoms with van der Waals surface area (Å²) >= 11 is 1.11. The number of hydrogen-bond donors (Lipinski definition) is 2. The normalized spacial score (nSPS) is 15.6. The number of carbonyl (C=O) groups excluding carboxylic acids is 3. The van der Waals surface area contributed by atoms with Crippen LogP contribution in [0.15, 0.2) is 51.4 Å². The second kappa shape index (κ2) is 12.9. The minimum absolute atomic E-state index is 0.00762. The molecule has 1 aliphatic rings. The Bertz CT molecular complexity index is 1270. The maximum atomic E-state index is 14.3.